The highest BCUT2D eigenvalue weighted by Crippen LogP contribution is 2.44. The van der Waals surface area contributed by atoms with Gasteiger partial charge in [-0.2, -0.15) is 0 Å². The standard InChI is InChI=1S/C28H26N2O4S/c31-27(33-17-20-8-2-1-3-9-20)15-14-21(16-29-19-35)30-28(32)34-18-26-24-12-6-4-10-22(24)23-11-5-7-13-25(23)26/h1-13,21,26H,14-18H2,(H,30,32)/t21-/m0/s1. The molecule has 3 aromatic carbocycles. The van der Waals surface area contributed by atoms with Crippen molar-refractivity contribution in [1.82, 2.24) is 5.32 Å². The Morgan fingerprint density at radius 1 is 0.914 bits per heavy atom. The van der Waals surface area contributed by atoms with Crippen LogP contribution in [0.1, 0.15) is 35.4 Å². The van der Waals surface area contributed by atoms with Gasteiger partial charge in [0.1, 0.15) is 13.2 Å². The van der Waals surface area contributed by atoms with Crippen molar-refractivity contribution in [1.29, 1.82) is 0 Å². The first-order valence-electron chi connectivity index (χ1n) is 11.5. The molecule has 0 aliphatic heterocycles. The van der Waals surface area contributed by atoms with Gasteiger partial charge in [0.15, 0.2) is 0 Å². The first kappa shape index (κ1) is 24.3. The third kappa shape index (κ3) is 6.41. The van der Waals surface area contributed by atoms with Crippen LogP contribution in [0.4, 0.5) is 4.79 Å². The number of thiocarbonyl (C=S) groups is 1. The highest BCUT2D eigenvalue weighted by molar-refractivity contribution is 7.78. The lowest BCUT2D eigenvalue weighted by Gasteiger charge is -2.18. The first-order valence-corrected chi connectivity index (χ1v) is 11.9. The van der Waals surface area contributed by atoms with Crippen LogP contribution in [0.3, 0.4) is 0 Å². The number of rotatable bonds is 10. The molecule has 1 aliphatic carbocycles. The maximum Gasteiger partial charge on any atom is 0.407 e. The quantitative estimate of drug-likeness (QED) is 0.232. The molecule has 0 spiro atoms. The number of nitrogens with zero attached hydrogens (tertiary/aromatic N) is 1. The average molecular weight is 487 g/mol. The predicted molar refractivity (Wildman–Crippen MR) is 137 cm³/mol. The molecular formula is C28H26N2O4S. The molecule has 0 unspecified atom stereocenters. The minimum absolute atomic E-state index is 0.0291. The van der Waals surface area contributed by atoms with Crippen LogP contribution < -0.4 is 5.32 Å². The van der Waals surface area contributed by atoms with Crippen LogP contribution in [0.25, 0.3) is 11.1 Å². The van der Waals surface area contributed by atoms with Crippen molar-refractivity contribution in [3.8, 4) is 11.1 Å². The topological polar surface area (TPSA) is 77.0 Å². The minimum atomic E-state index is -0.561. The van der Waals surface area contributed by atoms with E-state index in [1.54, 1.807) is 0 Å². The minimum Gasteiger partial charge on any atom is -0.461 e. The Kier molecular flexibility index (Phi) is 8.39. The lowest BCUT2D eigenvalue weighted by Crippen LogP contribution is -2.38. The Bertz CT molecular complexity index is 1180. The van der Waals surface area contributed by atoms with Crippen molar-refractivity contribution in [3.63, 3.8) is 0 Å². The van der Waals surface area contributed by atoms with Crippen LogP contribution in [0.15, 0.2) is 83.9 Å². The molecule has 1 N–H and O–H groups in total. The predicted octanol–water partition coefficient (Wildman–Crippen LogP) is 5.52. The van der Waals surface area contributed by atoms with Crippen molar-refractivity contribution < 1.29 is 19.1 Å². The molecule has 0 fully saturated rings. The highest BCUT2D eigenvalue weighted by atomic mass is 32.1. The molecular weight excluding hydrogens is 460 g/mol. The summed E-state index contributed by atoms with van der Waals surface area (Å²) in [5, 5.41) is 5.11. The summed E-state index contributed by atoms with van der Waals surface area (Å²) in [5.41, 5.74) is 5.53. The monoisotopic (exact) mass is 486 g/mol. The molecule has 0 saturated heterocycles. The lowest BCUT2D eigenvalue weighted by atomic mass is 9.98. The maximum absolute atomic E-state index is 12.6. The number of alkyl carbamates (subject to hydrolysis) is 1. The number of benzene rings is 3. The number of hydrogen-bond donors (Lipinski definition) is 1. The largest absolute Gasteiger partial charge is 0.461 e. The third-order valence-electron chi connectivity index (χ3n) is 5.98. The Balaban J connectivity index is 1.30. The van der Waals surface area contributed by atoms with Crippen LogP contribution >= 0.6 is 12.2 Å². The van der Waals surface area contributed by atoms with E-state index in [0.29, 0.717) is 6.42 Å². The Morgan fingerprint density at radius 2 is 1.54 bits per heavy atom. The summed E-state index contributed by atoms with van der Waals surface area (Å²) in [6.07, 6.45) is -0.0824. The van der Waals surface area contributed by atoms with Crippen molar-refractivity contribution in [2.75, 3.05) is 13.2 Å². The number of isothiocyanates is 1. The van der Waals surface area contributed by atoms with E-state index >= 15 is 0 Å². The van der Waals surface area contributed by atoms with Gasteiger partial charge in [-0.05, 0) is 46.5 Å². The number of esters is 1. The van der Waals surface area contributed by atoms with Gasteiger partial charge in [0.2, 0.25) is 0 Å². The van der Waals surface area contributed by atoms with Gasteiger partial charge in [-0.3, -0.25) is 4.79 Å². The number of ether oxygens (including phenoxy) is 2. The molecule has 3 aromatic rings. The summed E-state index contributed by atoms with van der Waals surface area (Å²) in [7, 11) is 0. The van der Waals surface area contributed by atoms with E-state index < -0.39 is 12.1 Å². The zero-order chi connectivity index (χ0) is 24.5. The number of carbonyl (C=O) groups is 2. The van der Waals surface area contributed by atoms with E-state index in [4.69, 9.17) is 9.47 Å². The molecule has 0 aromatic heterocycles. The number of fused-ring (bicyclic) bond motifs is 3. The average Bonchev–Trinajstić information content (AvgIpc) is 3.22. The van der Waals surface area contributed by atoms with E-state index in [9.17, 15) is 9.59 Å². The molecule has 35 heavy (non-hydrogen) atoms. The molecule has 7 heteroatoms. The summed E-state index contributed by atoms with van der Waals surface area (Å²) in [5.74, 6) is -0.377. The number of amides is 1. The lowest BCUT2D eigenvalue weighted by molar-refractivity contribution is -0.145. The highest BCUT2D eigenvalue weighted by Gasteiger charge is 2.29. The van der Waals surface area contributed by atoms with Crippen LogP contribution in [-0.4, -0.2) is 36.4 Å². The maximum atomic E-state index is 12.6. The molecule has 0 saturated carbocycles. The SMILES string of the molecule is O=C(CC[C@@H](CN=C=S)NC(=O)OCC1c2ccccc2-c2ccccc21)OCc1ccccc1. The van der Waals surface area contributed by atoms with Crippen molar-refractivity contribution in [3.05, 3.63) is 95.6 Å². The van der Waals surface area contributed by atoms with Crippen LogP contribution in [0.2, 0.25) is 0 Å². The van der Waals surface area contributed by atoms with Gasteiger partial charge in [0.25, 0.3) is 0 Å². The molecule has 1 amide bonds. The number of nitrogens with one attached hydrogen (secondary N) is 1. The van der Waals surface area contributed by atoms with Gasteiger partial charge in [-0.25, -0.2) is 9.79 Å². The molecule has 0 heterocycles. The van der Waals surface area contributed by atoms with Gasteiger partial charge in [0.05, 0.1) is 17.7 Å². The molecule has 0 radical (unpaired) electrons. The fourth-order valence-corrected chi connectivity index (χ4v) is 4.34. The summed E-state index contributed by atoms with van der Waals surface area (Å²) < 4.78 is 10.9. The van der Waals surface area contributed by atoms with Crippen LogP contribution in [-0.2, 0) is 20.9 Å². The van der Waals surface area contributed by atoms with Gasteiger partial charge in [0, 0.05) is 12.3 Å². The van der Waals surface area contributed by atoms with E-state index in [2.05, 4.69) is 52.0 Å². The molecule has 178 valence electrons. The summed E-state index contributed by atoms with van der Waals surface area (Å²) in [4.78, 5) is 28.7. The fraction of sp³-hybridized carbons (Fsp3) is 0.250. The van der Waals surface area contributed by atoms with Gasteiger partial charge in [-0.1, -0.05) is 78.9 Å². The molecule has 0 bridgehead atoms. The molecule has 1 aliphatic rings. The summed E-state index contributed by atoms with van der Waals surface area (Å²) in [6.45, 7) is 0.629. The normalized spacial score (nSPS) is 12.6. The Morgan fingerprint density at radius 3 is 2.20 bits per heavy atom. The number of aliphatic imine (C=N–C) groups is 1. The first-order chi connectivity index (χ1) is 17.2. The second-order valence-corrected chi connectivity index (χ2v) is 8.47. The van der Waals surface area contributed by atoms with Crippen molar-refractivity contribution in [2.45, 2.75) is 31.4 Å². The van der Waals surface area contributed by atoms with Gasteiger partial charge >= 0.3 is 12.1 Å². The fourth-order valence-electron chi connectivity index (χ4n) is 4.27. The van der Waals surface area contributed by atoms with E-state index in [1.165, 1.54) is 11.1 Å². The van der Waals surface area contributed by atoms with Crippen molar-refractivity contribution >= 4 is 29.4 Å². The molecule has 6 nitrogen and oxygen atoms in total. The zero-order valence-electron chi connectivity index (χ0n) is 19.2. The number of carbonyl (C=O) groups excluding carboxylic acids is 2. The van der Waals surface area contributed by atoms with Gasteiger partial charge in [-0.15, -0.1) is 0 Å². The zero-order valence-corrected chi connectivity index (χ0v) is 20.0. The van der Waals surface area contributed by atoms with E-state index in [-0.39, 0.29) is 38.1 Å². The van der Waals surface area contributed by atoms with Crippen molar-refractivity contribution in [2.24, 2.45) is 4.99 Å². The molecule has 1 atom stereocenters. The van der Waals surface area contributed by atoms with E-state index in [1.807, 2.05) is 54.6 Å². The second kappa shape index (κ2) is 12.1. The van der Waals surface area contributed by atoms with Crippen LogP contribution in [0.5, 0.6) is 0 Å². The smallest absolute Gasteiger partial charge is 0.407 e. The number of hydrogen-bond acceptors (Lipinski definition) is 6. The second-order valence-electron chi connectivity index (χ2n) is 8.28. The van der Waals surface area contributed by atoms with Gasteiger partial charge < -0.3 is 14.8 Å². The summed E-state index contributed by atoms with van der Waals surface area (Å²) in [6, 6.07) is 25.4. The van der Waals surface area contributed by atoms with Crippen LogP contribution in [0, 0.1) is 0 Å². The third-order valence-corrected chi connectivity index (χ3v) is 6.11. The molecule has 4 rings (SSSR count). The van der Waals surface area contributed by atoms with E-state index in [0.717, 1.165) is 16.7 Å². The Labute approximate surface area is 210 Å². The Hall–Kier alpha value is -3.80. The summed E-state index contributed by atoms with van der Waals surface area (Å²) >= 11 is 4.66.